The highest BCUT2D eigenvalue weighted by Crippen LogP contribution is 2.52. The lowest BCUT2D eigenvalue weighted by molar-refractivity contribution is 0.177. The average molecular weight is 527 g/mol. The highest BCUT2D eigenvalue weighted by molar-refractivity contribution is 9.10. The zero-order valence-corrected chi connectivity index (χ0v) is 21.4. The van der Waals surface area contributed by atoms with Crippen LogP contribution in [-0.4, -0.2) is 37.0 Å². The Bertz CT molecular complexity index is 1280. The minimum Gasteiger partial charge on any atom is -0.345 e. The maximum absolute atomic E-state index is 13.1. The van der Waals surface area contributed by atoms with E-state index in [1.165, 1.54) is 11.1 Å². The molecular weight excluding hydrogens is 500 g/mol. The van der Waals surface area contributed by atoms with Crippen LogP contribution in [-0.2, 0) is 17.4 Å². The van der Waals surface area contributed by atoms with Gasteiger partial charge in [0.15, 0.2) is 5.69 Å². The van der Waals surface area contributed by atoms with Crippen LogP contribution in [0.2, 0.25) is 0 Å². The maximum Gasteiger partial charge on any atom is 0.228 e. The Morgan fingerprint density at radius 3 is 2.70 bits per heavy atom. The van der Waals surface area contributed by atoms with Gasteiger partial charge in [-0.15, -0.1) is 0 Å². The van der Waals surface area contributed by atoms with Gasteiger partial charge in [-0.2, -0.15) is 10.2 Å². The van der Waals surface area contributed by atoms with Crippen LogP contribution in [0.1, 0.15) is 56.5 Å². The molecule has 1 spiro atoms. The number of rotatable bonds is 3. The van der Waals surface area contributed by atoms with Crippen LogP contribution < -0.4 is 9.62 Å². The average Bonchev–Trinajstić information content (AvgIpc) is 3.31. The second kappa shape index (κ2) is 8.19. The Morgan fingerprint density at radius 1 is 1.27 bits per heavy atom. The van der Waals surface area contributed by atoms with Crippen molar-refractivity contribution in [3.05, 3.63) is 51.8 Å². The second-order valence-electron chi connectivity index (χ2n) is 10.0. The second-order valence-corrected chi connectivity index (χ2v) is 12.9. The van der Waals surface area contributed by atoms with Gasteiger partial charge in [0.1, 0.15) is 11.7 Å². The molecule has 0 unspecified atom stereocenters. The van der Waals surface area contributed by atoms with Crippen molar-refractivity contribution in [1.82, 2.24) is 19.7 Å². The van der Waals surface area contributed by atoms with E-state index >= 15 is 0 Å². The number of hydrogen-bond donors (Lipinski definition) is 2. The molecule has 33 heavy (non-hydrogen) atoms. The van der Waals surface area contributed by atoms with Crippen molar-refractivity contribution < 1.29 is 4.21 Å². The monoisotopic (exact) mass is 526 g/mol. The van der Waals surface area contributed by atoms with E-state index in [1.54, 1.807) is 6.20 Å². The molecule has 1 saturated heterocycles. The van der Waals surface area contributed by atoms with E-state index < -0.39 is 11.0 Å². The van der Waals surface area contributed by atoms with E-state index in [0.29, 0.717) is 17.3 Å². The summed E-state index contributed by atoms with van der Waals surface area (Å²) in [4.78, 5) is 14.6. The first kappa shape index (κ1) is 22.5. The number of fused-ring (bicyclic) bond motifs is 2. The minimum absolute atomic E-state index is 0.00127. The Hall–Kier alpha value is -2.28. The summed E-state index contributed by atoms with van der Waals surface area (Å²) in [6.07, 6.45) is 4.62. The largest absolute Gasteiger partial charge is 0.345 e. The van der Waals surface area contributed by atoms with Crippen LogP contribution in [0.3, 0.4) is 0 Å². The zero-order valence-electron chi connectivity index (χ0n) is 19.0. The van der Waals surface area contributed by atoms with E-state index in [-0.39, 0.29) is 16.2 Å². The molecule has 1 aliphatic heterocycles. The summed E-state index contributed by atoms with van der Waals surface area (Å²) in [5.41, 5.74) is 3.65. The maximum atomic E-state index is 13.1. The summed E-state index contributed by atoms with van der Waals surface area (Å²) in [6.45, 7) is 7.58. The molecule has 172 valence electrons. The van der Waals surface area contributed by atoms with E-state index in [0.717, 1.165) is 42.2 Å². The first-order chi connectivity index (χ1) is 15.7. The van der Waals surface area contributed by atoms with Gasteiger partial charge in [0.25, 0.3) is 0 Å². The van der Waals surface area contributed by atoms with Gasteiger partial charge in [0, 0.05) is 23.8 Å². The molecule has 9 heteroatoms. The number of H-pyrrole nitrogens is 1. The Balaban J connectivity index is 1.43. The molecule has 1 fully saturated rings. The first-order valence-electron chi connectivity index (χ1n) is 11.2. The van der Waals surface area contributed by atoms with Crippen LogP contribution in [0.5, 0.6) is 0 Å². The molecule has 1 aromatic carbocycles. The Morgan fingerprint density at radius 2 is 2.00 bits per heavy atom. The minimum atomic E-state index is -1.16. The lowest BCUT2D eigenvalue weighted by Gasteiger charge is -2.44. The molecular formula is C24H27BrN6OS. The number of anilines is 1. The SMILES string of the molecule is CC(C)(C)[S@@](=O)N[C@@H]1c2ccccc2CC12CCN(c1nc(C#N)c3c(Br)c[nH]c3n1)CC2. The van der Waals surface area contributed by atoms with E-state index in [4.69, 9.17) is 4.98 Å². The quantitative estimate of drug-likeness (QED) is 0.522. The normalized spacial score (nSPS) is 20.7. The fourth-order valence-corrected chi connectivity index (χ4v) is 6.52. The molecule has 3 aromatic rings. The van der Waals surface area contributed by atoms with E-state index in [1.807, 2.05) is 20.8 Å². The highest BCUT2D eigenvalue weighted by atomic mass is 79.9. The molecule has 1 aliphatic carbocycles. The van der Waals surface area contributed by atoms with Gasteiger partial charge in [0.2, 0.25) is 5.95 Å². The molecule has 2 atom stereocenters. The van der Waals surface area contributed by atoms with Crippen molar-refractivity contribution in [2.45, 2.75) is 50.8 Å². The smallest absolute Gasteiger partial charge is 0.228 e. The van der Waals surface area contributed by atoms with Crippen LogP contribution in [0.15, 0.2) is 34.9 Å². The number of halogens is 1. The van der Waals surface area contributed by atoms with Crippen molar-refractivity contribution in [1.29, 1.82) is 5.26 Å². The molecule has 0 amide bonds. The van der Waals surface area contributed by atoms with Crippen molar-refractivity contribution in [3.8, 4) is 6.07 Å². The van der Waals surface area contributed by atoms with Crippen LogP contribution >= 0.6 is 15.9 Å². The van der Waals surface area contributed by atoms with E-state index in [2.05, 4.69) is 65.9 Å². The van der Waals surface area contributed by atoms with Gasteiger partial charge in [-0.25, -0.2) is 13.9 Å². The molecule has 2 N–H and O–H groups in total. The lowest BCUT2D eigenvalue weighted by atomic mass is 9.73. The van der Waals surface area contributed by atoms with Crippen LogP contribution in [0, 0.1) is 16.7 Å². The predicted octanol–water partition coefficient (Wildman–Crippen LogP) is 4.53. The van der Waals surface area contributed by atoms with Crippen LogP contribution in [0.25, 0.3) is 11.0 Å². The fourth-order valence-electron chi connectivity index (χ4n) is 5.08. The third kappa shape index (κ3) is 3.88. The third-order valence-corrected chi connectivity index (χ3v) is 9.11. The summed E-state index contributed by atoms with van der Waals surface area (Å²) in [5, 5.41) is 10.3. The van der Waals surface area contributed by atoms with Gasteiger partial charge in [-0.05, 0) is 72.5 Å². The van der Waals surface area contributed by atoms with Gasteiger partial charge in [-0.1, -0.05) is 24.3 Å². The third-order valence-electron chi connectivity index (χ3n) is 6.92. The molecule has 2 aliphatic rings. The number of benzene rings is 1. The van der Waals surface area contributed by atoms with Crippen molar-refractivity contribution in [2.24, 2.45) is 5.41 Å². The molecule has 3 heterocycles. The summed E-state index contributed by atoms with van der Waals surface area (Å²) in [6, 6.07) is 10.8. The summed E-state index contributed by atoms with van der Waals surface area (Å²) in [5.74, 6) is 0.585. The van der Waals surface area contributed by atoms with Gasteiger partial charge >= 0.3 is 0 Å². The highest BCUT2D eigenvalue weighted by Gasteiger charge is 2.49. The summed E-state index contributed by atoms with van der Waals surface area (Å²) in [7, 11) is -1.16. The van der Waals surface area contributed by atoms with E-state index in [9.17, 15) is 9.47 Å². The molecule has 0 saturated carbocycles. The lowest BCUT2D eigenvalue weighted by Crippen LogP contribution is -2.48. The van der Waals surface area contributed by atoms with Gasteiger partial charge in [-0.3, -0.25) is 0 Å². The summed E-state index contributed by atoms with van der Waals surface area (Å²) < 4.78 is 17.0. The predicted molar refractivity (Wildman–Crippen MR) is 134 cm³/mol. The number of piperidine rings is 1. The van der Waals surface area contributed by atoms with Crippen molar-refractivity contribution in [2.75, 3.05) is 18.0 Å². The van der Waals surface area contributed by atoms with Gasteiger partial charge < -0.3 is 9.88 Å². The molecule has 2 aromatic heterocycles. The van der Waals surface area contributed by atoms with Crippen LogP contribution in [0.4, 0.5) is 5.95 Å². The Kier molecular flexibility index (Phi) is 5.58. The number of hydrogen-bond acceptors (Lipinski definition) is 5. The molecule has 5 rings (SSSR count). The molecule has 0 bridgehead atoms. The summed E-state index contributed by atoms with van der Waals surface area (Å²) >= 11 is 3.47. The topological polar surface area (TPSA) is 97.7 Å². The number of aromatic amines is 1. The van der Waals surface area contributed by atoms with Gasteiger partial charge in [0.05, 0.1) is 27.2 Å². The first-order valence-corrected chi connectivity index (χ1v) is 13.1. The number of nitrogens with one attached hydrogen (secondary N) is 2. The van der Waals surface area contributed by atoms with Crippen molar-refractivity contribution >= 4 is 43.9 Å². The number of aromatic nitrogens is 3. The number of nitrogens with zero attached hydrogens (tertiary/aromatic N) is 4. The molecule has 7 nitrogen and oxygen atoms in total. The molecule has 0 radical (unpaired) electrons. The Labute approximate surface area is 204 Å². The fraction of sp³-hybridized carbons (Fsp3) is 0.458. The standard InChI is InChI=1S/C24H27BrN6OS/c1-23(2,3)33(32)30-20-16-7-5-4-6-15(16)12-24(20)8-10-31(11-9-24)22-28-18(13-26)19-17(25)14-27-21(19)29-22/h4-7,14,20,30H,8-12H2,1-3H3,(H,27,28,29)/t20-,33-/m1/s1. The number of nitriles is 1. The van der Waals surface area contributed by atoms with Crippen molar-refractivity contribution in [3.63, 3.8) is 0 Å². The zero-order chi connectivity index (χ0) is 23.4.